The molecule has 0 aliphatic heterocycles. The fourth-order valence-corrected chi connectivity index (χ4v) is 1.96. The Morgan fingerprint density at radius 1 is 1.00 bits per heavy atom. The van der Waals surface area contributed by atoms with E-state index in [2.05, 4.69) is 0 Å². The number of methoxy groups -OCH3 is 3. The minimum Gasteiger partial charge on any atom is -0.497 e. The standard InChI is InChI=1S/C14H14O4/c1-16-10-5-4-9-6-13(17-2)12(8-15)14(18-3)11(9)7-10/h4-8H,1-3H3. The molecule has 2 rings (SSSR count). The minimum atomic E-state index is 0.403. The summed E-state index contributed by atoms with van der Waals surface area (Å²) in [5, 5.41) is 1.75. The lowest BCUT2D eigenvalue weighted by molar-refractivity contribution is 0.111. The van der Waals surface area contributed by atoms with E-state index >= 15 is 0 Å². The highest BCUT2D eigenvalue weighted by Crippen LogP contribution is 2.37. The van der Waals surface area contributed by atoms with Crippen LogP contribution in [0, 0.1) is 0 Å². The van der Waals surface area contributed by atoms with Gasteiger partial charge in [-0.3, -0.25) is 4.79 Å². The van der Waals surface area contributed by atoms with Crippen molar-refractivity contribution in [3.8, 4) is 17.2 Å². The van der Waals surface area contributed by atoms with E-state index in [-0.39, 0.29) is 0 Å². The maximum absolute atomic E-state index is 11.2. The highest BCUT2D eigenvalue weighted by atomic mass is 16.5. The first kappa shape index (κ1) is 12.2. The molecule has 0 unspecified atom stereocenters. The molecule has 2 aromatic carbocycles. The normalized spacial score (nSPS) is 10.2. The third kappa shape index (κ3) is 1.86. The number of benzene rings is 2. The third-order valence-corrected chi connectivity index (χ3v) is 2.84. The van der Waals surface area contributed by atoms with Crippen molar-refractivity contribution in [2.24, 2.45) is 0 Å². The first-order valence-corrected chi connectivity index (χ1v) is 5.43. The van der Waals surface area contributed by atoms with Crippen LogP contribution in [0.25, 0.3) is 10.8 Å². The van der Waals surface area contributed by atoms with Gasteiger partial charge in [-0.25, -0.2) is 0 Å². The van der Waals surface area contributed by atoms with Crippen molar-refractivity contribution in [3.05, 3.63) is 29.8 Å². The molecule has 0 heterocycles. The van der Waals surface area contributed by atoms with Gasteiger partial charge in [-0.15, -0.1) is 0 Å². The van der Waals surface area contributed by atoms with Crippen LogP contribution in [0.4, 0.5) is 0 Å². The Labute approximate surface area is 105 Å². The molecule has 0 N–H and O–H groups in total. The van der Waals surface area contributed by atoms with Gasteiger partial charge in [0.05, 0.1) is 26.9 Å². The van der Waals surface area contributed by atoms with E-state index in [1.54, 1.807) is 13.2 Å². The number of aldehydes is 1. The highest BCUT2D eigenvalue weighted by Gasteiger charge is 2.14. The van der Waals surface area contributed by atoms with Crippen molar-refractivity contribution < 1.29 is 19.0 Å². The van der Waals surface area contributed by atoms with Crippen LogP contribution in [-0.4, -0.2) is 27.6 Å². The predicted octanol–water partition coefficient (Wildman–Crippen LogP) is 2.68. The first-order chi connectivity index (χ1) is 8.74. The van der Waals surface area contributed by atoms with Crippen LogP contribution in [0.1, 0.15) is 10.4 Å². The zero-order valence-corrected chi connectivity index (χ0v) is 10.5. The van der Waals surface area contributed by atoms with Gasteiger partial charge in [-0.1, -0.05) is 6.07 Å². The lowest BCUT2D eigenvalue weighted by Gasteiger charge is -2.13. The van der Waals surface area contributed by atoms with Gasteiger partial charge in [0, 0.05) is 5.39 Å². The molecule has 0 atom stereocenters. The zero-order chi connectivity index (χ0) is 13.1. The molecule has 0 amide bonds. The fraction of sp³-hybridized carbons (Fsp3) is 0.214. The fourth-order valence-electron chi connectivity index (χ4n) is 1.96. The van der Waals surface area contributed by atoms with Crippen LogP contribution in [0.5, 0.6) is 17.2 Å². The Morgan fingerprint density at radius 2 is 1.78 bits per heavy atom. The molecule has 4 heteroatoms. The van der Waals surface area contributed by atoms with Crippen LogP contribution >= 0.6 is 0 Å². The van der Waals surface area contributed by atoms with Crippen LogP contribution in [0.15, 0.2) is 24.3 Å². The van der Waals surface area contributed by atoms with Crippen molar-refractivity contribution in [2.45, 2.75) is 0 Å². The smallest absolute Gasteiger partial charge is 0.157 e. The van der Waals surface area contributed by atoms with E-state index in [9.17, 15) is 4.79 Å². The summed E-state index contributed by atoms with van der Waals surface area (Å²) in [5.41, 5.74) is 0.403. The Kier molecular flexibility index (Phi) is 3.37. The van der Waals surface area contributed by atoms with Crippen molar-refractivity contribution in [1.29, 1.82) is 0 Å². The van der Waals surface area contributed by atoms with Gasteiger partial charge in [0.15, 0.2) is 6.29 Å². The van der Waals surface area contributed by atoms with Crippen LogP contribution in [0.3, 0.4) is 0 Å². The van der Waals surface area contributed by atoms with Gasteiger partial charge in [-0.05, 0) is 23.6 Å². The van der Waals surface area contributed by atoms with E-state index in [4.69, 9.17) is 14.2 Å². The average molecular weight is 246 g/mol. The maximum atomic E-state index is 11.2. The number of ether oxygens (including phenoxy) is 3. The predicted molar refractivity (Wildman–Crippen MR) is 69.0 cm³/mol. The number of rotatable bonds is 4. The molecule has 0 aromatic heterocycles. The number of fused-ring (bicyclic) bond motifs is 1. The van der Waals surface area contributed by atoms with Gasteiger partial charge in [0.2, 0.25) is 0 Å². The van der Waals surface area contributed by atoms with E-state index in [1.807, 2.05) is 18.2 Å². The van der Waals surface area contributed by atoms with Crippen molar-refractivity contribution in [3.63, 3.8) is 0 Å². The van der Waals surface area contributed by atoms with Crippen molar-refractivity contribution in [1.82, 2.24) is 0 Å². The summed E-state index contributed by atoms with van der Waals surface area (Å²) in [6.45, 7) is 0. The van der Waals surface area contributed by atoms with Gasteiger partial charge < -0.3 is 14.2 Å². The monoisotopic (exact) mass is 246 g/mol. The SMILES string of the molecule is COc1ccc2cc(OC)c(C=O)c(OC)c2c1. The quantitative estimate of drug-likeness (QED) is 0.778. The summed E-state index contributed by atoms with van der Waals surface area (Å²) in [6.07, 6.45) is 0.733. The molecule has 0 saturated carbocycles. The lowest BCUT2D eigenvalue weighted by Crippen LogP contribution is -1.97. The molecule has 0 fully saturated rings. The second kappa shape index (κ2) is 4.96. The van der Waals surface area contributed by atoms with Gasteiger partial charge in [0.1, 0.15) is 17.2 Å². The minimum absolute atomic E-state index is 0.403. The summed E-state index contributed by atoms with van der Waals surface area (Å²) >= 11 is 0. The van der Waals surface area contributed by atoms with E-state index in [0.29, 0.717) is 22.8 Å². The molecule has 0 aliphatic carbocycles. The summed E-state index contributed by atoms with van der Waals surface area (Å²) < 4.78 is 15.7. The Bertz CT molecular complexity index is 590. The summed E-state index contributed by atoms with van der Waals surface area (Å²) in [4.78, 5) is 11.2. The largest absolute Gasteiger partial charge is 0.497 e. The van der Waals surface area contributed by atoms with Gasteiger partial charge in [-0.2, -0.15) is 0 Å². The number of carbonyl (C=O) groups excluding carboxylic acids is 1. The maximum Gasteiger partial charge on any atom is 0.157 e. The molecular formula is C14H14O4. The van der Waals surface area contributed by atoms with Crippen LogP contribution < -0.4 is 14.2 Å². The van der Waals surface area contributed by atoms with Crippen LogP contribution in [-0.2, 0) is 0 Å². The molecule has 94 valence electrons. The first-order valence-electron chi connectivity index (χ1n) is 5.43. The zero-order valence-electron chi connectivity index (χ0n) is 10.5. The van der Waals surface area contributed by atoms with Gasteiger partial charge >= 0.3 is 0 Å². The van der Waals surface area contributed by atoms with Gasteiger partial charge in [0.25, 0.3) is 0 Å². The molecule has 0 radical (unpaired) electrons. The molecule has 0 saturated heterocycles. The highest BCUT2D eigenvalue weighted by molar-refractivity contribution is 5.99. The van der Waals surface area contributed by atoms with E-state index < -0.39 is 0 Å². The van der Waals surface area contributed by atoms with Crippen LogP contribution in [0.2, 0.25) is 0 Å². The Morgan fingerprint density at radius 3 is 2.33 bits per heavy atom. The molecule has 0 aliphatic rings. The van der Waals surface area contributed by atoms with E-state index in [0.717, 1.165) is 17.1 Å². The second-order valence-corrected chi connectivity index (χ2v) is 3.73. The summed E-state index contributed by atoms with van der Waals surface area (Å²) in [5.74, 6) is 1.71. The third-order valence-electron chi connectivity index (χ3n) is 2.84. The summed E-state index contributed by atoms with van der Waals surface area (Å²) in [7, 11) is 4.65. The lowest BCUT2D eigenvalue weighted by atomic mass is 10.0. The van der Waals surface area contributed by atoms with E-state index in [1.165, 1.54) is 14.2 Å². The molecular weight excluding hydrogens is 232 g/mol. The molecule has 18 heavy (non-hydrogen) atoms. The van der Waals surface area contributed by atoms with Crippen molar-refractivity contribution in [2.75, 3.05) is 21.3 Å². The average Bonchev–Trinajstić information content (AvgIpc) is 2.44. The summed E-state index contributed by atoms with van der Waals surface area (Å²) in [6, 6.07) is 7.39. The molecule has 0 spiro atoms. The Hall–Kier alpha value is -2.23. The number of hydrogen-bond acceptors (Lipinski definition) is 4. The van der Waals surface area contributed by atoms with Crippen molar-refractivity contribution >= 4 is 17.1 Å². The second-order valence-electron chi connectivity index (χ2n) is 3.73. The molecule has 4 nitrogen and oxygen atoms in total. The number of carbonyl (C=O) groups is 1. The topological polar surface area (TPSA) is 44.8 Å². The molecule has 2 aromatic rings. The number of hydrogen-bond donors (Lipinski definition) is 0. The Balaban J connectivity index is 2.84. The molecule has 0 bridgehead atoms.